The number of thiocarbonyl (C=S) groups is 1. The van der Waals surface area contributed by atoms with Crippen LogP contribution in [-0.2, 0) is 0 Å². The summed E-state index contributed by atoms with van der Waals surface area (Å²) in [7, 11) is 1.68. The third kappa shape index (κ3) is 4.02. The van der Waals surface area contributed by atoms with Gasteiger partial charge in [0.2, 0.25) is 0 Å². The van der Waals surface area contributed by atoms with Gasteiger partial charge in [0.15, 0.2) is 11.5 Å². The van der Waals surface area contributed by atoms with E-state index < -0.39 is 0 Å². The second kappa shape index (κ2) is 8.27. The molecule has 0 radical (unpaired) electrons. The van der Waals surface area contributed by atoms with E-state index >= 15 is 0 Å². The Hall–Kier alpha value is -2.47. The van der Waals surface area contributed by atoms with Crippen molar-refractivity contribution < 1.29 is 14.6 Å². The number of phenolic OH excluding ortho intramolecular Hbond substituents is 1. The van der Waals surface area contributed by atoms with Gasteiger partial charge in [-0.3, -0.25) is 0 Å². The van der Waals surface area contributed by atoms with Crippen molar-refractivity contribution in [3.8, 4) is 17.2 Å². The van der Waals surface area contributed by atoms with Crippen molar-refractivity contribution >= 4 is 22.9 Å². The van der Waals surface area contributed by atoms with Gasteiger partial charge >= 0.3 is 0 Å². The molecule has 0 aromatic heterocycles. The second-order valence-corrected chi connectivity index (χ2v) is 6.48. The van der Waals surface area contributed by atoms with Crippen molar-refractivity contribution in [3.63, 3.8) is 0 Å². The Balaban J connectivity index is 1.63. The number of methoxy groups -OCH3 is 1. The number of anilines is 1. The number of aromatic hydroxyl groups is 1. The van der Waals surface area contributed by atoms with Gasteiger partial charge in [0.25, 0.3) is 0 Å². The van der Waals surface area contributed by atoms with Gasteiger partial charge in [-0.05, 0) is 49.4 Å². The van der Waals surface area contributed by atoms with Crippen molar-refractivity contribution in [1.29, 1.82) is 0 Å². The van der Waals surface area contributed by atoms with Gasteiger partial charge in [-0.15, -0.1) is 0 Å². The van der Waals surface area contributed by atoms with Crippen molar-refractivity contribution in [2.45, 2.75) is 6.92 Å². The van der Waals surface area contributed by atoms with Gasteiger partial charge in [-0.25, -0.2) is 0 Å². The molecule has 0 saturated carbocycles. The van der Waals surface area contributed by atoms with E-state index in [-0.39, 0.29) is 5.75 Å². The first kappa shape index (κ1) is 18.3. The quantitative estimate of drug-likeness (QED) is 0.813. The summed E-state index contributed by atoms with van der Waals surface area (Å²) < 4.78 is 10.7. The van der Waals surface area contributed by atoms with Gasteiger partial charge in [-0.1, -0.05) is 12.2 Å². The Morgan fingerprint density at radius 1 is 1.08 bits per heavy atom. The maximum absolute atomic E-state index is 9.86. The largest absolute Gasteiger partial charge is 0.504 e. The molecular formula is C20H24N2O3S. The first-order chi connectivity index (χ1) is 12.6. The summed E-state index contributed by atoms with van der Waals surface area (Å²) in [6.45, 7) is 5.92. The van der Waals surface area contributed by atoms with E-state index in [1.54, 1.807) is 13.2 Å². The van der Waals surface area contributed by atoms with Crippen molar-refractivity contribution in [2.75, 3.05) is 44.8 Å². The van der Waals surface area contributed by atoms with Crippen LogP contribution >= 0.6 is 12.2 Å². The predicted molar refractivity (Wildman–Crippen MR) is 108 cm³/mol. The Bertz CT molecular complexity index is 756. The molecule has 0 amide bonds. The number of nitrogens with zero attached hydrogens (tertiary/aromatic N) is 2. The first-order valence-electron chi connectivity index (χ1n) is 8.76. The smallest absolute Gasteiger partial charge is 0.161 e. The van der Waals surface area contributed by atoms with Gasteiger partial charge in [0.05, 0.1) is 13.7 Å². The third-order valence-corrected chi connectivity index (χ3v) is 5.00. The number of benzene rings is 2. The molecule has 1 N–H and O–H groups in total. The second-order valence-electron chi connectivity index (χ2n) is 6.09. The molecular weight excluding hydrogens is 348 g/mol. The lowest BCUT2D eigenvalue weighted by atomic mass is 10.1. The molecule has 0 bridgehead atoms. The number of piperazine rings is 1. The Morgan fingerprint density at radius 3 is 2.38 bits per heavy atom. The molecule has 1 fully saturated rings. The number of hydrogen-bond acceptors (Lipinski definition) is 5. The minimum Gasteiger partial charge on any atom is -0.504 e. The number of rotatable bonds is 5. The first-order valence-corrected chi connectivity index (χ1v) is 9.17. The van der Waals surface area contributed by atoms with Gasteiger partial charge in [0.1, 0.15) is 10.7 Å². The molecule has 5 nitrogen and oxygen atoms in total. The molecule has 138 valence electrons. The van der Waals surface area contributed by atoms with Crippen LogP contribution in [0.2, 0.25) is 0 Å². The van der Waals surface area contributed by atoms with Crippen LogP contribution in [0, 0.1) is 0 Å². The fourth-order valence-corrected chi connectivity index (χ4v) is 3.37. The molecule has 0 aliphatic carbocycles. The summed E-state index contributed by atoms with van der Waals surface area (Å²) in [5, 5.41) is 9.86. The average molecular weight is 372 g/mol. The molecule has 2 aromatic carbocycles. The maximum Gasteiger partial charge on any atom is 0.161 e. The zero-order chi connectivity index (χ0) is 18.5. The van der Waals surface area contributed by atoms with E-state index in [0.29, 0.717) is 12.4 Å². The van der Waals surface area contributed by atoms with E-state index in [1.165, 1.54) is 5.69 Å². The Kier molecular flexibility index (Phi) is 5.83. The number of phenols is 1. The summed E-state index contributed by atoms with van der Waals surface area (Å²) in [4.78, 5) is 5.35. The maximum atomic E-state index is 9.86. The van der Waals surface area contributed by atoms with Crippen LogP contribution in [0.5, 0.6) is 17.2 Å². The van der Waals surface area contributed by atoms with Crippen LogP contribution in [0.25, 0.3) is 0 Å². The summed E-state index contributed by atoms with van der Waals surface area (Å²) in [5.41, 5.74) is 2.10. The lowest BCUT2D eigenvalue weighted by Crippen LogP contribution is -2.48. The highest BCUT2D eigenvalue weighted by Gasteiger charge is 2.20. The molecule has 1 saturated heterocycles. The highest BCUT2D eigenvalue weighted by atomic mass is 32.1. The fourth-order valence-electron chi connectivity index (χ4n) is 3.06. The minimum absolute atomic E-state index is 0.141. The lowest BCUT2D eigenvalue weighted by Gasteiger charge is -2.37. The molecule has 1 aliphatic heterocycles. The molecule has 0 atom stereocenters. The fraction of sp³-hybridized carbons (Fsp3) is 0.350. The highest BCUT2D eigenvalue weighted by molar-refractivity contribution is 7.80. The average Bonchev–Trinajstić information content (AvgIpc) is 2.69. The Labute approximate surface area is 159 Å². The molecule has 6 heteroatoms. The normalized spacial score (nSPS) is 14.2. The molecule has 26 heavy (non-hydrogen) atoms. The van der Waals surface area contributed by atoms with E-state index in [9.17, 15) is 5.11 Å². The SMILES string of the molecule is CCOc1cc(C(=S)N2CCN(c3ccc(OC)cc3)CC2)ccc1O. The molecule has 1 aliphatic rings. The molecule has 1 heterocycles. The zero-order valence-corrected chi connectivity index (χ0v) is 16.0. The summed E-state index contributed by atoms with van der Waals surface area (Å²) in [6.07, 6.45) is 0. The summed E-state index contributed by atoms with van der Waals surface area (Å²) >= 11 is 5.67. The van der Waals surface area contributed by atoms with Crippen LogP contribution < -0.4 is 14.4 Å². The topological polar surface area (TPSA) is 45.2 Å². The van der Waals surface area contributed by atoms with Gasteiger partial charge in [-0.2, -0.15) is 0 Å². The third-order valence-electron chi connectivity index (χ3n) is 4.51. The number of hydrogen-bond donors (Lipinski definition) is 1. The van der Waals surface area contributed by atoms with Crippen LogP contribution in [0.15, 0.2) is 42.5 Å². The van der Waals surface area contributed by atoms with Crippen molar-refractivity contribution in [1.82, 2.24) is 4.90 Å². The predicted octanol–water partition coefficient (Wildman–Crippen LogP) is 3.30. The van der Waals surface area contributed by atoms with Crippen LogP contribution in [0.4, 0.5) is 5.69 Å². The molecule has 2 aromatic rings. The van der Waals surface area contributed by atoms with E-state index in [4.69, 9.17) is 21.7 Å². The highest BCUT2D eigenvalue weighted by Crippen LogP contribution is 2.28. The van der Waals surface area contributed by atoms with Crippen molar-refractivity contribution in [2.24, 2.45) is 0 Å². The van der Waals surface area contributed by atoms with Crippen LogP contribution in [0.1, 0.15) is 12.5 Å². The van der Waals surface area contributed by atoms with Gasteiger partial charge in [0, 0.05) is 37.4 Å². The Morgan fingerprint density at radius 2 is 1.77 bits per heavy atom. The number of ether oxygens (including phenoxy) is 2. The van der Waals surface area contributed by atoms with E-state index in [0.717, 1.165) is 42.5 Å². The zero-order valence-electron chi connectivity index (χ0n) is 15.1. The van der Waals surface area contributed by atoms with Crippen LogP contribution in [-0.4, -0.2) is 54.9 Å². The lowest BCUT2D eigenvalue weighted by molar-refractivity contribution is 0.318. The minimum atomic E-state index is 0.141. The standard InChI is InChI=1S/C20H24N2O3S/c1-3-25-19-14-15(4-9-18(19)23)20(26)22-12-10-21(11-13-22)16-5-7-17(24-2)8-6-16/h4-9,14,23H,3,10-13H2,1-2H3. The molecule has 0 spiro atoms. The molecule has 3 rings (SSSR count). The summed E-state index contributed by atoms with van der Waals surface area (Å²) in [5.74, 6) is 1.48. The van der Waals surface area contributed by atoms with Crippen molar-refractivity contribution in [3.05, 3.63) is 48.0 Å². The van der Waals surface area contributed by atoms with Crippen LogP contribution in [0.3, 0.4) is 0 Å². The van der Waals surface area contributed by atoms with E-state index in [1.807, 2.05) is 31.2 Å². The van der Waals surface area contributed by atoms with E-state index in [2.05, 4.69) is 21.9 Å². The molecule has 0 unspecified atom stereocenters. The monoisotopic (exact) mass is 372 g/mol. The van der Waals surface area contributed by atoms with Gasteiger partial charge < -0.3 is 24.4 Å². The summed E-state index contributed by atoms with van der Waals surface area (Å²) in [6, 6.07) is 13.4.